The summed E-state index contributed by atoms with van der Waals surface area (Å²) < 4.78 is 11.2. The normalized spacial score (nSPS) is 22.8. The van der Waals surface area contributed by atoms with Crippen LogP contribution in [0.15, 0.2) is 12.1 Å². The van der Waals surface area contributed by atoms with Crippen molar-refractivity contribution in [2.24, 2.45) is 0 Å². The number of likely N-dealkylation sites (N-methyl/N-ethyl adjacent to an activating group) is 1. The molecule has 16 heavy (non-hydrogen) atoms. The van der Waals surface area contributed by atoms with Crippen molar-refractivity contribution in [2.75, 3.05) is 13.7 Å². The van der Waals surface area contributed by atoms with Crippen LogP contribution >= 0.6 is 0 Å². The summed E-state index contributed by atoms with van der Waals surface area (Å²) in [7, 11) is 1.68. The zero-order valence-corrected chi connectivity index (χ0v) is 10.3. The highest BCUT2D eigenvalue weighted by atomic mass is 16.5. The average molecular weight is 221 g/mol. The summed E-state index contributed by atoms with van der Waals surface area (Å²) in [4.78, 5) is 0. The van der Waals surface area contributed by atoms with Crippen LogP contribution in [0.2, 0.25) is 0 Å². The second kappa shape index (κ2) is 4.34. The Hall–Kier alpha value is -1.22. The molecule has 88 valence electrons. The summed E-state index contributed by atoms with van der Waals surface area (Å²) in [6, 6.07) is 4.46. The second-order valence-corrected chi connectivity index (χ2v) is 4.24. The van der Waals surface area contributed by atoms with Crippen LogP contribution in [0.25, 0.3) is 0 Å². The number of methoxy groups -OCH3 is 1. The molecule has 0 saturated carbocycles. The molecule has 1 aliphatic heterocycles. The molecule has 1 aromatic carbocycles. The van der Waals surface area contributed by atoms with E-state index < -0.39 is 0 Å². The largest absolute Gasteiger partial charge is 0.493 e. The molecule has 1 aliphatic rings. The predicted octanol–water partition coefficient (Wildman–Crippen LogP) is 2.44. The Labute approximate surface area is 96.8 Å². The lowest BCUT2D eigenvalue weighted by atomic mass is 10.0. The molecule has 2 atom stereocenters. The van der Waals surface area contributed by atoms with Crippen molar-refractivity contribution in [2.45, 2.75) is 32.9 Å². The Morgan fingerprint density at radius 3 is 2.81 bits per heavy atom. The molecule has 0 amide bonds. The van der Waals surface area contributed by atoms with Crippen LogP contribution in [-0.2, 0) is 0 Å². The number of ether oxygens (including phenoxy) is 2. The topological polar surface area (TPSA) is 30.5 Å². The van der Waals surface area contributed by atoms with E-state index in [1.54, 1.807) is 7.11 Å². The maximum absolute atomic E-state index is 5.86. The highest BCUT2D eigenvalue weighted by molar-refractivity contribution is 5.53. The molecule has 0 saturated heterocycles. The molecule has 1 N–H and O–H groups in total. The van der Waals surface area contributed by atoms with Crippen molar-refractivity contribution < 1.29 is 9.47 Å². The minimum Gasteiger partial charge on any atom is -0.493 e. The molecule has 1 heterocycles. The Bertz CT molecular complexity index is 390. The number of aryl methyl sites for hydroxylation is 1. The zero-order chi connectivity index (χ0) is 11.7. The van der Waals surface area contributed by atoms with Gasteiger partial charge in [-0.05, 0) is 32.0 Å². The molecule has 3 nitrogen and oxygen atoms in total. The molecule has 0 bridgehead atoms. The van der Waals surface area contributed by atoms with E-state index in [2.05, 4.69) is 32.2 Å². The third kappa shape index (κ3) is 1.76. The van der Waals surface area contributed by atoms with Gasteiger partial charge in [-0.1, -0.05) is 13.0 Å². The van der Waals surface area contributed by atoms with Gasteiger partial charge in [-0.15, -0.1) is 0 Å². The third-order valence-electron chi connectivity index (χ3n) is 2.98. The van der Waals surface area contributed by atoms with E-state index in [1.807, 2.05) is 6.07 Å². The van der Waals surface area contributed by atoms with Gasteiger partial charge in [0, 0.05) is 5.56 Å². The first-order chi connectivity index (χ1) is 7.67. The van der Waals surface area contributed by atoms with Crippen LogP contribution in [0.1, 0.15) is 31.0 Å². The molecule has 1 aromatic rings. The minimum atomic E-state index is 0.158. The highest BCUT2D eigenvalue weighted by Crippen LogP contribution is 2.43. The van der Waals surface area contributed by atoms with E-state index in [0.29, 0.717) is 0 Å². The second-order valence-electron chi connectivity index (χ2n) is 4.24. The van der Waals surface area contributed by atoms with Crippen molar-refractivity contribution in [3.05, 3.63) is 23.3 Å². The monoisotopic (exact) mass is 221 g/mol. The smallest absolute Gasteiger partial charge is 0.166 e. The number of hydrogen-bond acceptors (Lipinski definition) is 3. The quantitative estimate of drug-likeness (QED) is 0.850. The number of fused-ring (bicyclic) bond motifs is 1. The van der Waals surface area contributed by atoms with Crippen molar-refractivity contribution in [3.8, 4) is 11.5 Å². The summed E-state index contributed by atoms with van der Waals surface area (Å²) >= 11 is 0. The number of rotatable bonds is 3. The fourth-order valence-corrected chi connectivity index (χ4v) is 2.28. The van der Waals surface area contributed by atoms with Gasteiger partial charge in [0.2, 0.25) is 0 Å². The lowest BCUT2D eigenvalue weighted by Crippen LogP contribution is -2.28. The number of nitrogens with one attached hydrogen (secondary N) is 1. The van der Waals surface area contributed by atoms with Gasteiger partial charge >= 0.3 is 0 Å². The van der Waals surface area contributed by atoms with Crippen LogP contribution in [0, 0.1) is 6.92 Å². The van der Waals surface area contributed by atoms with Gasteiger partial charge < -0.3 is 14.8 Å². The third-order valence-corrected chi connectivity index (χ3v) is 2.98. The van der Waals surface area contributed by atoms with E-state index in [-0.39, 0.29) is 12.1 Å². The van der Waals surface area contributed by atoms with Gasteiger partial charge in [-0.2, -0.15) is 0 Å². The molecule has 0 spiro atoms. The summed E-state index contributed by atoms with van der Waals surface area (Å²) in [5.41, 5.74) is 2.42. The van der Waals surface area contributed by atoms with E-state index in [9.17, 15) is 0 Å². The fraction of sp³-hybridized carbons (Fsp3) is 0.538. The molecular weight excluding hydrogens is 202 g/mol. The molecule has 2 unspecified atom stereocenters. The van der Waals surface area contributed by atoms with Gasteiger partial charge in [0.05, 0.1) is 13.2 Å². The first-order valence-electron chi connectivity index (χ1n) is 5.76. The molecule has 0 fully saturated rings. The number of benzene rings is 1. The predicted molar refractivity (Wildman–Crippen MR) is 64.2 cm³/mol. The van der Waals surface area contributed by atoms with Gasteiger partial charge in [0.15, 0.2) is 11.5 Å². The van der Waals surface area contributed by atoms with Crippen molar-refractivity contribution in [1.82, 2.24) is 5.32 Å². The molecule has 0 aromatic heterocycles. The number of hydrogen-bond donors (Lipinski definition) is 1. The Kier molecular flexibility index (Phi) is 3.06. The van der Waals surface area contributed by atoms with Gasteiger partial charge in [-0.25, -0.2) is 0 Å². The molecule has 3 heteroatoms. The summed E-state index contributed by atoms with van der Waals surface area (Å²) in [6.07, 6.45) is 0.158. The van der Waals surface area contributed by atoms with E-state index >= 15 is 0 Å². The Morgan fingerprint density at radius 2 is 2.19 bits per heavy atom. The summed E-state index contributed by atoms with van der Waals surface area (Å²) in [5.74, 6) is 1.73. The Balaban J connectivity index is 2.44. The Morgan fingerprint density at radius 1 is 1.44 bits per heavy atom. The highest BCUT2D eigenvalue weighted by Gasteiger charge is 2.33. The van der Waals surface area contributed by atoms with Gasteiger partial charge in [0.1, 0.15) is 6.10 Å². The van der Waals surface area contributed by atoms with Gasteiger partial charge in [0.25, 0.3) is 0 Å². The lowest BCUT2D eigenvalue weighted by Gasteiger charge is -2.15. The first kappa shape index (κ1) is 11.3. The maximum Gasteiger partial charge on any atom is 0.166 e. The van der Waals surface area contributed by atoms with Crippen LogP contribution in [-0.4, -0.2) is 19.8 Å². The first-order valence-corrected chi connectivity index (χ1v) is 5.76. The van der Waals surface area contributed by atoms with Crippen molar-refractivity contribution >= 4 is 0 Å². The molecular formula is C13H19NO2. The standard InChI is InChI=1S/C13H19NO2/c1-5-14-12-9(3)16-13-10(12)6-8(2)7-11(13)15-4/h6-7,9,12,14H,5H2,1-4H3. The van der Waals surface area contributed by atoms with Crippen LogP contribution in [0.5, 0.6) is 11.5 Å². The van der Waals surface area contributed by atoms with Crippen LogP contribution in [0.4, 0.5) is 0 Å². The van der Waals surface area contributed by atoms with Crippen LogP contribution in [0.3, 0.4) is 0 Å². The summed E-state index contributed by atoms with van der Waals surface area (Å²) in [6.45, 7) is 7.21. The maximum atomic E-state index is 5.86. The van der Waals surface area contributed by atoms with E-state index in [4.69, 9.17) is 9.47 Å². The summed E-state index contributed by atoms with van der Waals surface area (Å²) in [5, 5.41) is 3.45. The van der Waals surface area contributed by atoms with Gasteiger partial charge in [-0.3, -0.25) is 0 Å². The lowest BCUT2D eigenvalue weighted by molar-refractivity contribution is 0.204. The van der Waals surface area contributed by atoms with E-state index in [0.717, 1.165) is 18.0 Å². The molecule has 2 rings (SSSR count). The minimum absolute atomic E-state index is 0.158. The molecule has 0 aliphatic carbocycles. The average Bonchev–Trinajstić information content (AvgIpc) is 2.56. The van der Waals surface area contributed by atoms with Crippen LogP contribution < -0.4 is 14.8 Å². The van der Waals surface area contributed by atoms with E-state index in [1.165, 1.54) is 11.1 Å². The zero-order valence-electron chi connectivity index (χ0n) is 10.3. The van der Waals surface area contributed by atoms with Crippen molar-refractivity contribution in [3.63, 3.8) is 0 Å². The molecule has 0 radical (unpaired) electrons. The van der Waals surface area contributed by atoms with Crippen molar-refractivity contribution in [1.29, 1.82) is 0 Å². The SMILES string of the molecule is CCNC1c2cc(C)cc(OC)c2OC1C. The fourth-order valence-electron chi connectivity index (χ4n) is 2.28.